The Morgan fingerprint density at radius 2 is 1.90 bits per heavy atom. The summed E-state index contributed by atoms with van der Waals surface area (Å²) in [5, 5.41) is 10.0. The minimum absolute atomic E-state index is 0.0239. The van der Waals surface area contributed by atoms with Gasteiger partial charge in [0, 0.05) is 19.1 Å². The molecule has 0 saturated carbocycles. The summed E-state index contributed by atoms with van der Waals surface area (Å²) in [5.74, 6) is 0.420. The van der Waals surface area contributed by atoms with E-state index in [9.17, 15) is 5.11 Å². The zero-order chi connectivity index (χ0) is 15.3. The lowest BCUT2D eigenvalue weighted by molar-refractivity contribution is 0.0179. The first-order chi connectivity index (χ1) is 10.0. The van der Waals surface area contributed by atoms with Crippen LogP contribution in [0.1, 0.15) is 45.6 Å². The Labute approximate surface area is 128 Å². The predicted molar refractivity (Wildman–Crippen MR) is 86.8 cm³/mol. The topological polar surface area (TPSA) is 32.7 Å². The highest BCUT2D eigenvalue weighted by Crippen LogP contribution is 2.35. The molecule has 1 aliphatic rings. The maximum atomic E-state index is 10.0. The van der Waals surface area contributed by atoms with E-state index in [0.29, 0.717) is 11.8 Å². The van der Waals surface area contributed by atoms with Crippen LogP contribution in [-0.4, -0.2) is 42.4 Å². The average molecular weight is 291 g/mol. The first-order valence-electron chi connectivity index (χ1n) is 8.11. The van der Waals surface area contributed by atoms with Crippen molar-refractivity contribution in [2.45, 2.75) is 51.5 Å². The molecular weight excluding hydrogens is 262 g/mol. The van der Waals surface area contributed by atoms with Gasteiger partial charge in [-0.1, -0.05) is 38.5 Å². The Balaban J connectivity index is 1.83. The van der Waals surface area contributed by atoms with Crippen molar-refractivity contribution in [3.63, 3.8) is 0 Å². The summed E-state index contributed by atoms with van der Waals surface area (Å²) in [7, 11) is 0. The van der Waals surface area contributed by atoms with Gasteiger partial charge < -0.3 is 9.84 Å². The molecule has 0 radical (unpaired) electrons. The molecule has 0 aliphatic carbocycles. The number of morpholine rings is 1. The zero-order valence-electron chi connectivity index (χ0n) is 13.6. The molecule has 2 rings (SSSR count). The lowest BCUT2D eigenvalue weighted by Gasteiger charge is -2.33. The number of hydrogen-bond acceptors (Lipinski definition) is 3. The smallest absolute Gasteiger partial charge is 0.119 e. The van der Waals surface area contributed by atoms with Crippen molar-refractivity contribution >= 4 is 0 Å². The van der Waals surface area contributed by atoms with Gasteiger partial charge in [0.15, 0.2) is 0 Å². The second kappa shape index (κ2) is 7.28. The van der Waals surface area contributed by atoms with Gasteiger partial charge in [0.2, 0.25) is 0 Å². The number of nitrogens with zero attached hydrogens (tertiary/aromatic N) is 1. The van der Waals surface area contributed by atoms with E-state index < -0.39 is 0 Å². The number of phenols is 1. The van der Waals surface area contributed by atoms with Crippen LogP contribution >= 0.6 is 0 Å². The van der Waals surface area contributed by atoms with Crippen LogP contribution in [0.2, 0.25) is 0 Å². The van der Waals surface area contributed by atoms with Crippen molar-refractivity contribution in [2.75, 3.05) is 26.3 Å². The van der Waals surface area contributed by atoms with Crippen LogP contribution < -0.4 is 0 Å². The molecular formula is C18H29NO2. The van der Waals surface area contributed by atoms with E-state index in [0.717, 1.165) is 38.3 Å². The number of ether oxygens (including phenoxy) is 1. The molecule has 1 N–H and O–H groups in total. The average Bonchev–Trinajstić information content (AvgIpc) is 2.48. The Morgan fingerprint density at radius 1 is 1.24 bits per heavy atom. The Bertz CT molecular complexity index is 439. The molecule has 1 atom stereocenters. The van der Waals surface area contributed by atoms with Crippen molar-refractivity contribution < 1.29 is 9.84 Å². The molecule has 0 spiro atoms. The second-order valence-electron chi connectivity index (χ2n) is 6.79. The molecule has 0 amide bonds. The van der Waals surface area contributed by atoms with E-state index in [2.05, 4.69) is 25.7 Å². The van der Waals surface area contributed by atoms with Gasteiger partial charge >= 0.3 is 0 Å². The third kappa shape index (κ3) is 4.45. The second-order valence-corrected chi connectivity index (χ2v) is 6.79. The molecule has 3 nitrogen and oxygen atoms in total. The van der Waals surface area contributed by atoms with Crippen molar-refractivity contribution in [3.8, 4) is 5.75 Å². The van der Waals surface area contributed by atoms with E-state index in [1.54, 1.807) is 6.07 Å². The van der Waals surface area contributed by atoms with Gasteiger partial charge in [0.05, 0.1) is 13.2 Å². The van der Waals surface area contributed by atoms with Gasteiger partial charge in [0.1, 0.15) is 5.75 Å². The van der Waals surface area contributed by atoms with Gasteiger partial charge in [-0.3, -0.25) is 4.90 Å². The number of phenolic OH excluding ortho intramolecular Hbond substituents is 1. The molecule has 0 bridgehead atoms. The number of rotatable bonds is 6. The molecule has 1 fully saturated rings. The number of aromatic hydroxyl groups is 1. The third-order valence-corrected chi connectivity index (χ3v) is 4.73. The summed E-state index contributed by atoms with van der Waals surface area (Å²) in [5.41, 5.74) is 1.08. The van der Waals surface area contributed by atoms with E-state index in [1.807, 2.05) is 18.2 Å². The fourth-order valence-electron chi connectivity index (χ4n) is 3.22. The molecule has 1 saturated heterocycles. The highest BCUT2D eigenvalue weighted by Gasteiger charge is 2.24. The lowest BCUT2D eigenvalue weighted by Crippen LogP contribution is -2.42. The maximum absolute atomic E-state index is 10.0. The third-order valence-electron chi connectivity index (χ3n) is 4.73. The van der Waals surface area contributed by atoms with Crippen molar-refractivity contribution in [1.82, 2.24) is 4.90 Å². The van der Waals surface area contributed by atoms with Gasteiger partial charge in [0.25, 0.3) is 0 Å². The SMILES string of the molecule is CC(CCCC(C)(C)c1ccccc1O)N1CCOCC1. The summed E-state index contributed by atoms with van der Waals surface area (Å²) in [6, 6.07) is 8.34. The summed E-state index contributed by atoms with van der Waals surface area (Å²) in [4.78, 5) is 2.52. The Morgan fingerprint density at radius 3 is 2.57 bits per heavy atom. The van der Waals surface area contributed by atoms with Crippen LogP contribution in [0.3, 0.4) is 0 Å². The van der Waals surface area contributed by atoms with Crippen molar-refractivity contribution in [2.24, 2.45) is 0 Å². The van der Waals surface area contributed by atoms with Crippen LogP contribution in [-0.2, 0) is 10.2 Å². The monoisotopic (exact) mass is 291 g/mol. The highest BCUT2D eigenvalue weighted by molar-refractivity contribution is 5.37. The van der Waals surface area contributed by atoms with Gasteiger partial charge in [-0.2, -0.15) is 0 Å². The van der Waals surface area contributed by atoms with E-state index >= 15 is 0 Å². The van der Waals surface area contributed by atoms with E-state index in [4.69, 9.17) is 4.74 Å². The maximum Gasteiger partial charge on any atom is 0.119 e. The normalized spacial score (nSPS) is 18.6. The predicted octanol–water partition coefficient (Wildman–Crippen LogP) is 3.56. The number of hydrogen-bond donors (Lipinski definition) is 1. The van der Waals surface area contributed by atoms with Gasteiger partial charge in [-0.25, -0.2) is 0 Å². The standard InChI is InChI=1S/C18H29NO2/c1-15(19-11-13-21-14-12-19)7-6-10-18(2,3)16-8-4-5-9-17(16)20/h4-5,8-9,15,20H,6-7,10-14H2,1-3H3. The minimum Gasteiger partial charge on any atom is -0.508 e. The first-order valence-corrected chi connectivity index (χ1v) is 8.11. The summed E-state index contributed by atoms with van der Waals surface area (Å²) in [6.45, 7) is 10.6. The van der Waals surface area contributed by atoms with E-state index in [1.165, 1.54) is 12.8 Å². The Kier molecular flexibility index (Phi) is 5.65. The molecule has 1 aliphatic heterocycles. The molecule has 1 aromatic rings. The van der Waals surface area contributed by atoms with Crippen LogP contribution in [0.5, 0.6) is 5.75 Å². The molecule has 118 valence electrons. The van der Waals surface area contributed by atoms with Crippen molar-refractivity contribution in [3.05, 3.63) is 29.8 Å². The van der Waals surface area contributed by atoms with Crippen LogP contribution in [0.25, 0.3) is 0 Å². The lowest BCUT2D eigenvalue weighted by atomic mass is 9.79. The van der Waals surface area contributed by atoms with Crippen LogP contribution in [0.4, 0.5) is 0 Å². The van der Waals surface area contributed by atoms with Crippen molar-refractivity contribution in [1.29, 1.82) is 0 Å². The molecule has 21 heavy (non-hydrogen) atoms. The molecule has 1 heterocycles. The Hall–Kier alpha value is -1.06. The zero-order valence-corrected chi connectivity index (χ0v) is 13.6. The molecule has 0 aromatic heterocycles. The fourth-order valence-corrected chi connectivity index (χ4v) is 3.22. The quantitative estimate of drug-likeness (QED) is 0.870. The largest absolute Gasteiger partial charge is 0.508 e. The summed E-state index contributed by atoms with van der Waals surface area (Å²) < 4.78 is 5.41. The van der Waals surface area contributed by atoms with E-state index in [-0.39, 0.29) is 5.41 Å². The van der Waals surface area contributed by atoms with Gasteiger partial charge in [-0.05, 0) is 36.8 Å². The van der Waals surface area contributed by atoms with Crippen LogP contribution in [0, 0.1) is 0 Å². The van der Waals surface area contributed by atoms with Crippen LogP contribution in [0.15, 0.2) is 24.3 Å². The van der Waals surface area contributed by atoms with Gasteiger partial charge in [-0.15, -0.1) is 0 Å². The molecule has 3 heteroatoms. The minimum atomic E-state index is 0.0239. The number of benzene rings is 1. The highest BCUT2D eigenvalue weighted by atomic mass is 16.5. The number of para-hydroxylation sites is 1. The fraction of sp³-hybridized carbons (Fsp3) is 0.667. The molecule has 1 unspecified atom stereocenters. The molecule has 1 aromatic carbocycles. The summed E-state index contributed by atoms with van der Waals surface area (Å²) >= 11 is 0. The first kappa shape index (κ1) is 16.3. The summed E-state index contributed by atoms with van der Waals surface area (Å²) in [6.07, 6.45) is 3.48.